The number of hydrogen-bond donors (Lipinski definition) is 1. The van der Waals surface area contributed by atoms with E-state index in [2.05, 4.69) is 31.9 Å². The van der Waals surface area contributed by atoms with E-state index < -0.39 is 10.0 Å². The van der Waals surface area contributed by atoms with E-state index in [0.717, 1.165) is 17.3 Å². The fourth-order valence-corrected chi connectivity index (χ4v) is 5.92. The molecule has 2 rings (SSSR count). The topological polar surface area (TPSA) is 63.4 Å². The van der Waals surface area contributed by atoms with Gasteiger partial charge in [0.05, 0.1) is 5.69 Å². The molecule has 1 aliphatic rings. The van der Waals surface area contributed by atoms with Crippen LogP contribution in [0.2, 0.25) is 0 Å². The van der Waals surface area contributed by atoms with Crippen molar-refractivity contribution in [2.75, 3.05) is 19.3 Å². The number of hydrogen-bond acceptors (Lipinski definition) is 3. The van der Waals surface area contributed by atoms with Gasteiger partial charge in [0, 0.05) is 22.5 Å². The van der Waals surface area contributed by atoms with Crippen LogP contribution in [0.5, 0.6) is 0 Å². The molecule has 0 radical (unpaired) electrons. The van der Waals surface area contributed by atoms with E-state index in [-0.39, 0.29) is 10.6 Å². The molecular formula is C13H18Br2N2O2S. The van der Waals surface area contributed by atoms with Crippen LogP contribution in [0.1, 0.15) is 25.7 Å². The van der Waals surface area contributed by atoms with Crippen molar-refractivity contribution in [3.05, 3.63) is 21.1 Å². The normalized spacial score (nSPS) is 17.0. The predicted octanol–water partition coefficient (Wildman–Crippen LogP) is 3.60. The largest absolute Gasteiger partial charge is 0.398 e. The van der Waals surface area contributed by atoms with Gasteiger partial charge in [0.15, 0.2) is 0 Å². The second-order valence-electron chi connectivity index (χ2n) is 5.24. The number of nitrogen functional groups attached to an aromatic ring is 1. The molecule has 2 N–H and O–H groups in total. The van der Waals surface area contributed by atoms with Crippen molar-refractivity contribution in [2.45, 2.75) is 30.6 Å². The summed E-state index contributed by atoms with van der Waals surface area (Å²) < 4.78 is 28.0. The summed E-state index contributed by atoms with van der Waals surface area (Å²) in [4.78, 5) is 0.154. The van der Waals surface area contributed by atoms with Crippen molar-refractivity contribution in [3.8, 4) is 0 Å². The van der Waals surface area contributed by atoms with Gasteiger partial charge in [-0.1, -0.05) is 28.8 Å². The Hall–Kier alpha value is -0.110. The van der Waals surface area contributed by atoms with Crippen LogP contribution in [-0.2, 0) is 10.0 Å². The zero-order valence-corrected chi connectivity index (χ0v) is 15.3. The number of sulfonamides is 1. The number of nitrogens with two attached hydrogens (primary N) is 1. The van der Waals surface area contributed by atoms with E-state index in [0.29, 0.717) is 16.9 Å². The highest BCUT2D eigenvalue weighted by atomic mass is 79.9. The molecule has 4 nitrogen and oxygen atoms in total. The van der Waals surface area contributed by atoms with Gasteiger partial charge in [-0.25, -0.2) is 12.7 Å². The maximum atomic E-state index is 12.7. The number of halogens is 2. The summed E-state index contributed by atoms with van der Waals surface area (Å²) in [6, 6.07) is 3.31. The molecule has 20 heavy (non-hydrogen) atoms. The van der Waals surface area contributed by atoms with Crippen LogP contribution in [0, 0.1) is 5.92 Å². The van der Waals surface area contributed by atoms with Gasteiger partial charge in [0.25, 0.3) is 0 Å². The van der Waals surface area contributed by atoms with Crippen LogP contribution in [0.4, 0.5) is 5.69 Å². The van der Waals surface area contributed by atoms with E-state index in [1.165, 1.54) is 17.1 Å². The molecule has 0 aliphatic heterocycles. The van der Waals surface area contributed by atoms with Crippen molar-refractivity contribution in [1.82, 2.24) is 4.31 Å². The number of rotatable bonds is 4. The third-order valence-electron chi connectivity index (χ3n) is 3.70. The van der Waals surface area contributed by atoms with E-state index in [4.69, 9.17) is 5.73 Å². The van der Waals surface area contributed by atoms with Gasteiger partial charge in [-0.05, 0) is 46.8 Å². The Kier molecular flexibility index (Phi) is 5.15. The van der Waals surface area contributed by atoms with Gasteiger partial charge < -0.3 is 5.73 Å². The first-order valence-electron chi connectivity index (χ1n) is 6.53. The SMILES string of the molecule is CN(CC1CCCC1)S(=O)(=O)c1c(N)cc(Br)cc1Br. The Bertz CT molecular complexity index is 575. The van der Waals surface area contributed by atoms with Crippen molar-refractivity contribution in [3.63, 3.8) is 0 Å². The monoisotopic (exact) mass is 424 g/mol. The van der Waals surface area contributed by atoms with Gasteiger partial charge in [0.1, 0.15) is 4.90 Å². The fraction of sp³-hybridized carbons (Fsp3) is 0.538. The van der Waals surface area contributed by atoms with Gasteiger partial charge in [-0.2, -0.15) is 0 Å². The minimum absolute atomic E-state index is 0.154. The summed E-state index contributed by atoms with van der Waals surface area (Å²) in [7, 11) is -1.94. The lowest BCUT2D eigenvalue weighted by Gasteiger charge is -2.22. The lowest BCUT2D eigenvalue weighted by molar-refractivity contribution is 0.387. The molecule has 1 aromatic carbocycles. The van der Waals surface area contributed by atoms with Crippen LogP contribution in [0.3, 0.4) is 0 Å². The van der Waals surface area contributed by atoms with E-state index in [1.54, 1.807) is 19.2 Å². The molecule has 0 saturated heterocycles. The Morgan fingerprint density at radius 3 is 2.45 bits per heavy atom. The third kappa shape index (κ3) is 3.37. The van der Waals surface area contributed by atoms with Gasteiger partial charge >= 0.3 is 0 Å². The smallest absolute Gasteiger partial charge is 0.246 e. The minimum Gasteiger partial charge on any atom is -0.398 e. The first-order valence-corrected chi connectivity index (χ1v) is 9.56. The molecule has 0 amide bonds. The van der Waals surface area contributed by atoms with Crippen molar-refractivity contribution < 1.29 is 8.42 Å². The molecule has 0 aromatic heterocycles. The highest BCUT2D eigenvalue weighted by molar-refractivity contribution is 9.11. The molecule has 1 saturated carbocycles. The van der Waals surface area contributed by atoms with Gasteiger partial charge in [0.2, 0.25) is 10.0 Å². The van der Waals surface area contributed by atoms with E-state index >= 15 is 0 Å². The molecule has 7 heteroatoms. The zero-order chi connectivity index (χ0) is 14.9. The highest BCUT2D eigenvalue weighted by Crippen LogP contribution is 2.34. The molecular weight excluding hydrogens is 408 g/mol. The van der Waals surface area contributed by atoms with Crippen molar-refractivity contribution >= 4 is 47.6 Å². The van der Waals surface area contributed by atoms with Gasteiger partial charge in [-0.3, -0.25) is 0 Å². The average Bonchev–Trinajstić information content (AvgIpc) is 2.79. The molecule has 0 spiro atoms. The predicted molar refractivity (Wildman–Crippen MR) is 88.0 cm³/mol. The summed E-state index contributed by atoms with van der Waals surface area (Å²) in [5.74, 6) is 0.463. The summed E-state index contributed by atoms with van der Waals surface area (Å²) in [5, 5.41) is 0. The molecule has 112 valence electrons. The summed E-state index contributed by atoms with van der Waals surface area (Å²) in [6.07, 6.45) is 4.61. The highest BCUT2D eigenvalue weighted by Gasteiger charge is 2.29. The van der Waals surface area contributed by atoms with Crippen LogP contribution in [0.25, 0.3) is 0 Å². The molecule has 0 unspecified atom stereocenters. The van der Waals surface area contributed by atoms with Crippen LogP contribution in [0.15, 0.2) is 26.0 Å². The Morgan fingerprint density at radius 1 is 1.30 bits per heavy atom. The molecule has 1 aromatic rings. The van der Waals surface area contributed by atoms with Gasteiger partial charge in [-0.15, -0.1) is 0 Å². The number of benzene rings is 1. The lowest BCUT2D eigenvalue weighted by atomic mass is 10.1. The first kappa shape index (κ1) is 16.3. The first-order chi connectivity index (χ1) is 9.32. The quantitative estimate of drug-likeness (QED) is 0.749. The molecule has 1 aliphatic carbocycles. The maximum Gasteiger partial charge on any atom is 0.246 e. The average molecular weight is 426 g/mol. The maximum absolute atomic E-state index is 12.7. The zero-order valence-electron chi connectivity index (χ0n) is 11.3. The number of nitrogens with zero attached hydrogens (tertiary/aromatic N) is 1. The molecule has 0 atom stereocenters. The Morgan fingerprint density at radius 2 is 1.90 bits per heavy atom. The second-order valence-corrected chi connectivity index (χ2v) is 8.99. The Balaban J connectivity index is 2.29. The van der Waals surface area contributed by atoms with Crippen molar-refractivity contribution in [1.29, 1.82) is 0 Å². The van der Waals surface area contributed by atoms with E-state index in [9.17, 15) is 8.42 Å². The Labute approximate surface area is 137 Å². The molecule has 1 fully saturated rings. The van der Waals surface area contributed by atoms with Crippen LogP contribution >= 0.6 is 31.9 Å². The summed E-state index contributed by atoms with van der Waals surface area (Å²) >= 11 is 6.60. The second kappa shape index (κ2) is 6.34. The van der Waals surface area contributed by atoms with Crippen molar-refractivity contribution in [2.24, 2.45) is 5.92 Å². The van der Waals surface area contributed by atoms with Crippen LogP contribution in [-0.4, -0.2) is 26.3 Å². The molecule has 0 bridgehead atoms. The van der Waals surface area contributed by atoms with E-state index in [1.807, 2.05) is 0 Å². The minimum atomic E-state index is -3.56. The summed E-state index contributed by atoms with van der Waals surface area (Å²) in [6.45, 7) is 0.560. The lowest BCUT2D eigenvalue weighted by Crippen LogP contribution is -2.32. The number of anilines is 1. The molecule has 0 heterocycles. The summed E-state index contributed by atoms with van der Waals surface area (Å²) in [5.41, 5.74) is 6.14. The van der Waals surface area contributed by atoms with Crippen LogP contribution < -0.4 is 5.73 Å². The fourth-order valence-electron chi connectivity index (χ4n) is 2.66. The third-order valence-corrected chi connectivity index (χ3v) is 6.98. The standard InChI is InChI=1S/C13H18Br2N2O2S/c1-17(8-9-4-2-3-5-9)20(18,19)13-11(15)6-10(14)7-12(13)16/h6-7,9H,2-5,8,16H2,1H3.